The van der Waals surface area contributed by atoms with Gasteiger partial charge < -0.3 is 15.6 Å². The first-order valence-corrected chi connectivity index (χ1v) is 10.3. The molecule has 0 heterocycles. The maximum absolute atomic E-state index is 12.4. The highest BCUT2D eigenvalue weighted by Crippen LogP contribution is 2.45. The molecular weight excluding hydrogens is 338 g/mol. The number of benzene rings is 1. The molecule has 1 unspecified atom stereocenters. The maximum atomic E-state index is 12.4. The summed E-state index contributed by atoms with van der Waals surface area (Å²) in [4.78, 5) is 23.0. The molecule has 0 amide bonds. The Hall–Kier alpha value is -1.94. The summed E-state index contributed by atoms with van der Waals surface area (Å²) < 4.78 is 0. The van der Waals surface area contributed by atoms with Gasteiger partial charge in [-0.15, -0.1) is 0 Å². The summed E-state index contributed by atoms with van der Waals surface area (Å²) in [6.07, 6.45) is 13.7. The number of carbonyl (C=O) groups excluding carboxylic acids is 2. The van der Waals surface area contributed by atoms with Crippen molar-refractivity contribution >= 4 is 11.8 Å². The molecular formula is C23H31NO3. The zero-order valence-corrected chi connectivity index (χ0v) is 16.2. The van der Waals surface area contributed by atoms with E-state index in [1.807, 2.05) is 0 Å². The minimum atomic E-state index is -1.21. The maximum Gasteiger partial charge on any atom is 0.167 e. The normalized spacial score (nSPS) is 27.7. The van der Waals surface area contributed by atoms with E-state index in [1.54, 1.807) is 12.1 Å². The zero-order valence-electron chi connectivity index (χ0n) is 16.2. The molecule has 27 heavy (non-hydrogen) atoms. The van der Waals surface area contributed by atoms with E-state index in [4.69, 9.17) is 0 Å². The van der Waals surface area contributed by atoms with Crippen molar-refractivity contribution in [2.75, 3.05) is 0 Å². The SMILES string of the molecule is C[C@@H]([NH3+])C1CCCCC1.O=C([O-])c1ccc(C(=O)C2[C@@H]3C=C[C@H]2CC3)cc1. The first-order valence-electron chi connectivity index (χ1n) is 10.3. The number of ketones is 1. The van der Waals surface area contributed by atoms with Gasteiger partial charge in [-0.2, -0.15) is 0 Å². The van der Waals surface area contributed by atoms with Crippen LogP contribution in [0.15, 0.2) is 36.4 Å². The molecule has 0 spiro atoms. The standard InChI is InChI=1S/C15H14O3.C8H17N/c16-14(13-9-1-2-10(13)4-3-9)11-5-7-12(8-6-11)15(17)18;1-7(9)8-5-3-2-4-6-8/h1-2,5-10,13H,3-4H2,(H,17,18);7-8H,2-6,9H2,1H3/t9-,10+,13?;7-/m.1/s1. The lowest BCUT2D eigenvalue weighted by Crippen LogP contribution is -2.62. The van der Waals surface area contributed by atoms with Crippen LogP contribution in [0, 0.1) is 23.7 Å². The van der Waals surface area contributed by atoms with E-state index in [-0.39, 0.29) is 17.3 Å². The average Bonchev–Trinajstić information content (AvgIpc) is 3.29. The number of fused-ring (bicyclic) bond motifs is 2. The van der Waals surface area contributed by atoms with E-state index >= 15 is 0 Å². The van der Waals surface area contributed by atoms with Crippen molar-refractivity contribution in [1.82, 2.24) is 0 Å². The van der Waals surface area contributed by atoms with Crippen LogP contribution in [0.3, 0.4) is 0 Å². The van der Waals surface area contributed by atoms with Gasteiger partial charge in [-0.05, 0) is 50.0 Å². The molecule has 4 atom stereocenters. The lowest BCUT2D eigenvalue weighted by Gasteiger charge is -2.22. The molecule has 0 aromatic heterocycles. The van der Waals surface area contributed by atoms with Crippen molar-refractivity contribution in [3.63, 3.8) is 0 Å². The van der Waals surface area contributed by atoms with Crippen molar-refractivity contribution in [2.24, 2.45) is 23.7 Å². The van der Waals surface area contributed by atoms with E-state index in [0.717, 1.165) is 18.8 Å². The van der Waals surface area contributed by atoms with Gasteiger partial charge in [0.25, 0.3) is 0 Å². The molecule has 0 radical (unpaired) electrons. The highest BCUT2D eigenvalue weighted by Gasteiger charge is 2.42. The predicted octanol–water partition coefficient (Wildman–Crippen LogP) is 2.64. The van der Waals surface area contributed by atoms with Crippen molar-refractivity contribution in [3.05, 3.63) is 47.5 Å². The molecule has 4 rings (SSSR count). The van der Waals surface area contributed by atoms with Gasteiger partial charge in [0.05, 0.1) is 12.0 Å². The summed E-state index contributed by atoms with van der Waals surface area (Å²) in [5, 5.41) is 10.6. The summed E-state index contributed by atoms with van der Waals surface area (Å²) >= 11 is 0. The predicted molar refractivity (Wildman–Crippen MR) is 103 cm³/mol. The molecule has 2 fully saturated rings. The Morgan fingerprint density at radius 3 is 1.85 bits per heavy atom. The Morgan fingerprint density at radius 1 is 0.926 bits per heavy atom. The van der Waals surface area contributed by atoms with Crippen LogP contribution in [0.4, 0.5) is 0 Å². The van der Waals surface area contributed by atoms with Gasteiger partial charge in [0.15, 0.2) is 5.78 Å². The van der Waals surface area contributed by atoms with Crippen LogP contribution in [-0.2, 0) is 0 Å². The Morgan fingerprint density at radius 2 is 1.44 bits per heavy atom. The van der Waals surface area contributed by atoms with Crippen LogP contribution in [-0.4, -0.2) is 17.8 Å². The van der Waals surface area contributed by atoms with E-state index in [9.17, 15) is 14.7 Å². The second kappa shape index (κ2) is 8.83. The summed E-state index contributed by atoms with van der Waals surface area (Å²) in [6, 6.07) is 6.74. The van der Waals surface area contributed by atoms with E-state index in [1.165, 1.54) is 44.2 Å². The Balaban J connectivity index is 0.000000197. The van der Waals surface area contributed by atoms with Gasteiger partial charge >= 0.3 is 0 Å². The second-order valence-electron chi connectivity index (χ2n) is 8.42. The lowest BCUT2D eigenvalue weighted by atomic mass is 9.85. The first kappa shape index (κ1) is 19.8. The molecule has 0 aliphatic heterocycles. The van der Waals surface area contributed by atoms with Crippen LogP contribution in [0.5, 0.6) is 0 Å². The number of hydrogen-bond donors (Lipinski definition) is 1. The fraction of sp³-hybridized carbons (Fsp3) is 0.565. The summed E-state index contributed by atoms with van der Waals surface area (Å²) in [5.41, 5.74) is 4.77. The third-order valence-electron chi connectivity index (χ3n) is 6.52. The first-order chi connectivity index (χ1) is 13.0. The highest BCUT2D eigenvalue weighted by molar-refractivity contribution is 5.99. The summed E-state index contributed by atoms with van der Waals surface area (Å²) in [7, 11) is 0. The Labute approximate surface area is 161 Å². The molecule has 2 bridgehead atoms. The number of quaternary nitrogens is 1. The van der Waals surface area contributed by atoms with Crippen molar-refractivity contribution in [2.45, 2.75) is 57.9 Å². The van der Waals surface area contributed by atoms with E-state index < -0.39 is 5.97 Å². The van der Waals surface area contributed by atoms with Crippen molar-refractivity contribution in [1.29, 1.82) is 0 Å². The number of Topliss-reactive ketones (excluding diaryl/α,β-unsaturated/α-hetero) is 1. The van der Waals surface area contributed by atoms with Gasteiger partial charge in [0, 0.05) is 17.4 Å². The number of rotatable bonds is 4. The summed E-state index contributed by atoms with van der Waals surface area (Å²) in [5.74, 6) is 0.693. The lowest BCUT2D eigenvalue weighted by molar-refractivity contribution is -0.428. The van der Waals surface area contributed by atoms with Crippen molar-refractivity contribution in [3.8, 4) is 0 Å². The molecule has 3 N–H and O–H groups in total. The molecule has 4 heteroatoms. The quantitative estimate of drug-likeness (QED) is 0.654. The average molecular weight is 370 g/mol. The van der Waals surface area contributed by atoms with Gasteiger partial charge in [-0.1, -0.05) is 55.7 Å². The minimum Gasteiger partial charge on any atom is -0.545 e. The molecule has 146 valence electrons. The summed E-state index contributed by atoms with van der Waals surface area (Å²) in [6.45, 7) is 2.25. The van der Waals surface area contributed by atoms with Crippen molar-refractivity contribution < 1.29 is 20.4 Å². The number of allylic oxidation sites excluding steroid dienone is 2. The third kappa shape index (κ3) is 4.67. The van der Waals surface area contributed by atoms with E-state index in [0.29, 0.717) is 23.4 Å². The molecule has 0 saturated heterocycles. The molecule has 2 saturated carbocycles. The molecule has 4 nitrogen and oxygen atoms in total. The monoisotopic (exact) mass is 369 g/mol. The third-order valence-corrected chi connectivity index (χ3v) is 6.52. The fourth-order valence-electron chi connectivity index (χ4n) is 4.83. The van der Waals surface area contributed by atoms with E-state index in [2.05, 4.69) is 24.8 Å². The number of carbonyl (C=O) groups is 2. The van der Waals surface area contributed by atoms with Crippen LogP contribution < -0.4 is 10.8 Å². The van der Waals surface area contributed by atoms with Gasteiger partial charge in [0.2, 0.25) is 0 Å². The smallest absolute Gasteiger partial charge is 0.167 e. The van der Waals surface area contributed by atoms with Crippen LogP contribution in [0.25, 0.3) is 0 Å². The number of hydrogen-bond acceptors (Lipinski definition) is 3. The fourth-order valence-corrected chi connectivity index (χ4v) is 4.83. The largest absolute Gasteiger partial charge is 0.545 e. The van der Waals surface area contributed by atoms with Gasteiger partial charge in [0.1, 0.15) is 0 Å². The molecule has 3 aliphatic carbocycles. The van der Waals surface area contributed by atoms with Crippen LogP contribution >= 0.6 is 0 Å². The highest BCUT2D eigenvalue weighted by atomic mass is 16.4. The zero-order chi connectivity index (χ0) is 19.4. The van der Waals surface area contributed by atoms with Gasteiger partial charge in [-0.25, -0.2) is 0 Å². The molecule has 3 aliphatic rings. The Bertz CT molecular complexity index is 672. The molecule has 1 aromatic carbocycles. The number of carboxylic acid groups (broad SMARTS) is 1. The topological polar surface area (TPSA) is 84.8 Å². The Kier molecular flexibility index (Phi) is 6.48. The van der Waals surface area contributed by atoms with Crippen LogP contribution in [0.2, 0.25) is 0 Å². The van der Waals surface area contributed by atoms with Gasteiger partial charge in [-0.3, -0.25) is 4.79 Å². The number of carboxylic acids is 1. The number of aromatic carboxylic acids is 1. The van der Waals surface area contributed by atoms with Crippen LogP contribution in [0.1, 0.15) is 72.6 Å². The molecule has 1 aromatic rings. The minimum absolute atomic E-state index is 0.0683. The second-order valence-corrected chi connectivity index (χ2v) is 8.42.